The van der Waals surface area contributed by atoms with Gasteiger partial charge in [0.15, 0.2) is 5.69 Å². The number of nitrogens with zero attached hydrogens (tertiary/aromatic N) is 2. The minimum absolute atomic E-state index is 0.0365. The van der Waals surface area contributed by atoms with Gasteiger partial charge in [0, 0.05) is 11.1 Å². The largest absolute Gasteiger partial charge is 0.493 e. The molecule has 0 unspecified atom stereocenters. The first-order valence-electron chi connectivity index (χ1n) is 7.60. The van der Waals surface area contributed by atoms with Gasteiger partial charge in [-0.3, -0.25) is 4.79 Å². The van der Waals surface area contributed by atoms with Crippen molar-refractivity contribution in [1.29, 1.82) is 0 Å². The summed E-state index contributed by atoms with van der Waals surface area (Å²) in [5.74, 6) is -0.511. The van der Waals surface area contributed by atoms with E-state index in [9.17, 15) is 9.90 Å². The first-order chi connectivity index (χ1) is 11.6. The summed E-state index contributed by atoms with van der Waals surface area (Å²) in [5, 5.41) is 21.4. The molecule has 0 bridgehead atoms. The number of fused-ring (bicyclic) bond motifs is 1. The molecule has 0 saturated carbocycles. The number of hydrogen-bond acceptors (Lipinski definition) is 4. The van der Waals surface area contributed by atoms with Crippen LogP contribution in [0.4, 0.5) is 11.4 Å². The Labute approximate surface area is 139 Å². The van der Waals surface area contributed by atoms with Crippen LogP contribution < -0.4 is 5.32 Å². The molecule has 1 amide bonds. The van der Waals surface area contributed by atoms with Gasteiger partial charge in [-0.25, -0.2) is 0 Å². The molecule has 0 radical (unpaired) electrons. The van der Waals surface area contributed by atoms with Gasteiger partial charge in [-0.05, 0) is 37.1 Å². The van der Waals surface area contributed by atoms with Crippen molar-refractivity contribution in [3.63, 3.8) is 0 Å². The van der Waals surface area contributed by atoms with Crippen LogP contribution in [0.5, 0.6) is 5.88 Å². The van der Waals surface area contributed by atoms with E-state index in [-0.39, 0.29) is 18.1 Å². The van der Waals surface area contributed by atoms with Crippen molar-refractivity contribution in [2.45, 2.75) is 13.8 Å². The number of anilines is 1. The van der Waals surface area contributed by atoms with Gasteiger partial charge < -0.3 is 15.4 Å². The summed E-state index contributed by atoms with van der Waals surface area (Å²) in [5.41, 5.74) is 4.05. The van der Waals surface area contributed by atoms with Crippen LogP contribution in [0.2, 0.25) is 0 Å². The molecule has 0 aliphatic carbocycles. The lowest BCUT2D eigenvalue weighted by Gasteiger charge is -2.02. The van der Waals surface area contributed by atoms with E-state index in [0.717, 1.165) is 27.7 Å². The maximum absolute atomic E-state index is 11.9. The Morgan fingerprint density at radius 2 is 1.92 bits per heavy atom. The highest BCUT2D eigenvalue weighted by atomic mass is 16.3. The van der Waals surface area contributed by atoms with E-state index in [0.29, 0.717) is 0 Å². The number of benzene rings is 2. The minimum Gasteiger partial charge on any atom is -0.493 e. The Morgan fingerprint density at radius 3 is 2.67 bits per heavy atom. The van der Waals surface area contributed by atoms with Gasteiger partial charge in [0.25, 0.3) is 5.91 Å². The Hall–Kier alpha value is -3.15. The first-order valence-corrected chi connectivity index (χ1v) is 7.60. The number of aromatic hydroxyl groups is 1. The summed E-state index contributed by atoms with van der Waals surface area (Å²) in [4.78, 5) is 14.8. The SMILES string of the molecule is Cc1ccc2c(N=NC(=O)CNc3ccccc3)c(O)[nH]c2c1C. The zero-order valence-electron chi connectivity index (χ0n) is 13.5. The van der Waals surface area contributed by atoms with E-state index < -0.39 is 5.91 Å². The smallest absolute Gasteiger partial charge is 0.283 e. The molecule has 0 atom stereocenters. The lowest BCUT2D eigenvalue weighted by atomic mass is 10.1. The third kappa shape index (κ3) is 3.12. The lowest BCUT2D eigenvalue weighted by Crippen LogP contribution is -2.10. The molecule has 2 aromatic carbocycles. The molecule has 0 saturated heterocycles. The molecular weight excluding hydrogens is 304 g/mol. The van der Waals surface area contributed by atoms with Crippen LogP contribution in [0.15, 0.2) is 52.7 Å². The van der Waals surface area contributed by atoms with Gasteiger partial charge in [0.05, 0.1) is 12.1 Å². The number of aryl methyl sites for hydroxylation is 2. The number of H-pyrrole nitrogens is 1. The van der Waals surface area contributed by atoms with Gasteiger partial charge in [-0.1, -0.05) is 30.3 Å². The van der Waals surface area contributed by atoms with E-state index in [4.69, 9.17) is 0 Å². The van der Waals surface area contributed by atoms with Crippen molar-refractivity contribution in [3.8, 4) is 5.88 Å². The third-order valence-electron chi connectivity index (χ3n) is 3.94. The van der Waals surface area contributed by atoms with E-state index in [1.165, 1.54) is 0 Å². The van der Waals surface area contributed by atoms with Gasteiger partial charge in [-0.2, -0.15) is 0 Å². The minimum atomic E-state index is -0.420. The summed E-state index contributed by atoms with van der Waals surface area (Å²) in [6.07, 6.45) is 0. The zero-order valence-corrected chi connectivity index (χ0v) is 13.5. The van der Waals surface area contributed by atoms with Crippen LogP contribution in [0.1, 0.15) is 11.1 Å². The Balaban J connectivity index is 1.77. The summed E-state index contributed by atoms with van der Waals surface area (Å²) >= 11 is 0. The number of aromatic amines is 1. The molecule has 3 N–H and O–H groups in total. The van der Waals surface area contributed by atoms with Crippen molar-refractivity contribution >= 4 is 28.2 Å². The maximum Gasteiger partial charge on any atom is 0.283 e. The van der Waals surface area contributed by atoms with E-state index in [2.05, 4.69) is 20.5 Å². The Morgan fingerprint density at radius 1 is 1.17 bits per heavy atom. The van der Waals surface area contributed by atoms with Crippen LogP contribution in [0.25, 0.3) is 10.9 Å². The monoisotopic (exact) mass is 322 g/mol. The second-order valence-corrected chi connectivity index (χ2v) is 5.57. The molecule has 0 spiro atoms. The fraction of sp³-hybridized carbons (Fsp3) is 0.167. The Bertz CT molecular complexity index is 914. The number of rotatable bonds is 4. The highest BCUT2D eigenvalue weighted by molar-refractivity contribution is 5.96. The summed E-state index contributed by atoms with van der Waals surface area (Å²) in [6, 6.07) is 13.2. The average molecular weight is 322 g/mol. The first kappa shape index (κ1) is 15.7. The van der Waals surface area contributed by atoms with Gasteiger partial charge >= 0.3 is 0 Å². The number of para-hydroxylation sites is 1. The van der Waals surface area contributed by atoms with E-state index in [1.54, 1.807) is 0 Å². The highest BCUT2D eigenvalue weighted by Gasteiger charge is 2.13. The molecule has 3 rings (SSSR count). The Kier molecular flexibility index (Phi) is 4.29. The van der Waals surface area contributed by atoms with E-state index >= 15 is 0 Å². The normalized spacial score (nSPS) is 11.2. The number of carbonyl (C=O) groups excluding carboxylic acids is 1. The van der Waals surface area contributed by atoms with Crippen LogP contribution in [-0.4, -0.2) is 22.5 Å². The molecule has 24 heavy (non-hydrogen) atoms. The fourth-order valence-electron chi connectivity index (χ4n) is 2.46. The molecule has 0 fully saturated rings. The fourth-order valence-corrected chi connectivity index (χ4v) is 2.46. The molecule has 0 aliphatic rings. The summed E-state index contributed by atoms with van der Waals surface area (Å²) < 4.78 is 0. The molecule has 1 heterocycles. The van der Waals surface area contributed by atoms with Gasteiger partial charge in [0.2, 0.25) is 5.88 Å². The molecule has 0 aliphatic heterocycles. The molecule has 6 heteroatoms. The molecular formula is C18H18N4O2. The zero-order chi connectivity index (χ0) is 17.1. The predicted octanol–water partition coefficient (Wildman–Crippen LogP) is 4.21. The molecule has 3 aromatic rings. The van der Waals surface area contributed by atoms with Crippen LogP contribution in [0.3, 0.4) is 0 Å². The average Bonchev–Trinajstić information content (AvgIpc) is 2.91. The molecule has 122 valence electrons. The number of nitrogens with one attached hydrogen (secondary N) is 2. The summed E-state index contributed by atoms with van der Waals surface area (Å²) in [6.45, 7) is 3.99. The van der Waals surface area contributed by atoms with Crippen LogP contribution >= 0.6 is 0 Å². The van der Waals surface area contributed by atoms with Crippen molar-refractivity contribution in [3.05, 3.63) is 53.6 Å². The third-order valence-corrected chi connectivity index (χ3v) is 3.94. The lowest BCUT2D eigenvalue weighted by molar-refractivity contribution is -0.116. The number of hydrogen-bond donors (Lipinski definition) is 3. The van der Waals surface area contributed by atoms with Crippen molar-refractivity contribution in [2.75, 3.05) is 11.9 Å². The van der Waals surface area contributed by atoms with Crippen molar-refractivity contribution < 1.29 is 9.90 Å². The van der Waals surface area contributed by atoms with Crippen molar-refractivity contribution in [1.82, 2.24) is 4.98 Å². The topological polar surface area (TPSA) is 89.8 Å². The number of aromatic nitrogens is 1. The number of carbonyl (C=O) groups is 1. The van der Waals surface area contributed by atoms with Crippen molar-refractivity contribution in [2.24, 2.45) is 10.2 Å². The quantitative estimate of drug-likeness (QED) is 0.628. The number of amides is 1. The van der Waals surface area contributed by atoms with Crippen LogP contribution in [-0.2, 0) is 4.79 Å². The second kappa shape index (κ2) is 6.54. The molecule has 6 nitrogen and oxygen atoms in total. The molecule has 1 aromatic heterocycles. The predicted molar refractivity (Wildman–Crippen MR) is 93.9 cm³/mol. The van der Waals surface area contributed by atoms with Gasteiger partial charge in [0.1, 0.15) is 0 Å². The maximum atomic E-state index is 11.9. The second-order valence-electron chi connectivity index (χ2n) is 5.57. The van der Waals surface area contributed by atoms with Gasteiger partial charge in [-0.15, -0.1) is 10.2 Å². The number of azo groups is 1. The standard InChI is InChI=1S/C18H18N4O2/c1-11-8-9-14-16(12(11)2)20-18(24)17(14)22-21-15(23)10-19-13-6-4-3-5-7-13/h3-9,19-20,24H,10H2,1-2H3. The summed E-state index contributed by atoms with van der Waals surface area (Å²) in [7, 11) is 0. The van der Waals surface area contributed by atoms with Crippen LogP contribution in [0, 0.1) is 13.8 Å². The highest BCUT2D eigenvalue weighted by Crippen LogP contribution is 2.37. The van der Waals surface area contributed by atoms with E-state index in [1.807, 2.05) is 56.3 Å².